The summed E-state index contributed by atoms with van der Waals surface area (Å²) in [7, 11) is 0. The van der Waals surface area contributed by atoms with Crippen LogP contribution in [0.2, 0.25) is 0 Å². The van der Waals surface area contributed by atoms with Gasteiger partial charge in [-0.05, 0) is 51.6 Å². The zero-order valence-corrected chi connectivity index (χ0v) is 9.67. The van der Waals surface area contributed by atoms with E-state index in [2.05, 4.69) is 17.1 Å². The van der Waals surface area contributed by atoms with Gasteiger partial charge in [0.1, 0.15) is 0 Å². The minimum absolute atomic E-state index is 0.382. The summed E-state index contributed by atoms with van der Waals surface area (Å²) in [6.45, 7) is 5.47. The van der Waals surface area contributed by atoms with Crippen LogP contribution in [0, 0.1) is 5.92 Å². The van der Waals surface area contributed by atoms with Crippen molar-refractivity contribution in [2.24, 2.45) is 5.92 Å². The monoisotopic (exact) mass is 210 g/mol. The largest absolute Gasteiger partial charge is 0.340 e. The summed E-state index contributed by atoms with van der Waals surface area (Å²) in [5, 5.41) is 3.38. The quantitative estimate of drug-likeness (QED) is 0.747. The summed E-state index contributed by atoms with van der Waals surface area (Å²) >= 11 is 0. The summed E-state index contributed by atoms with van der Waals surface area (Å²) < 4.78 is 0. The molecule has 2 aliphatic heterocycles. The summed E-state index contributed by atoms with van der Waals surface area (Å²) in [4.78, 5) is 13.9. The Labute approximate surface area is 92.2 Å². The highest BCUT2D eigenvalue weighted by Crippen LogP contribution is 2.24. The van der Waals surface area contributed by atoms with E-state index in [0.717, 1.165) is 32.5 Å². The lowest BCUT2D eigenvalue weighted by atomic mass is 9.89. The number of amides is 1. The lowest BCUT2D eigenvalue weighted by molar-refractivity contribution is -0.136. The lowest BCUT2D eigenvalue weighted by Gasteiger charge is -2.38. The zero-order chi connectivity index (χ0) is 10.7. The van der Waals surface area contributed by atoms with Crippen LogP contribution in [-0.4, -0.2) is 36.5 Å². The Balaban J connectivity index is 1.92. The van der Waals surface area contributed by atoms with E-state index in [9.17, 15) is 4.79 Å². The van der Waals surface area contributed by atoms with Crippen LogP contribution in [0.4, 0.5) is 0 Å². The topological polar surface area (TPSA) is 32.3 Å². The summed E-state index contributed by atoms with van der Waals surface area (Å²) in [6, 6.07) is 0.458. The van der Waals surface area contributed by atoms with Crippen LogP contribution in [0.15, 0.2) is 0 Å². The van der Waals surface area contributed by atoms with Crippen molar-refractivity contribution < 1.29 is 4.79 Å². The van der Waals surface area contributed by atoms with Gasteiger partial charge in [-0.25, -0.2) is 0 Å². The first-order valence-corrected chi connectivity index (χ1v) is 6.29. The summed E-state index contributed by atoms with van der Waals surface area (Å²) in [6.07, 6.45) is 5.51. The van der Waals surface area contributed by atoms with Gasteiger partial charge in [0.2, 0.25) is 5.91 Å². The molecular formula is C12H22N2O. The van der Waals surface area contributed by atoms with E-state index in [4.69, 9.17) is 0 Å². The predicted molar refractivity (Wildman–Crippen MR) is 60.6 cm³/mol. The lowest BCUT2D eigenvalue weighted by Crippen LogP contribution is -2.47. The number of carbonyl (C=O) groups excluding carboxylic acids is 1. The van der Waals surface area contributed by atoms with Gasteiger partial charge in [-0.2, -0.15) is 0 Å². The number of nitrogens with one attached hydrogen (secondary N) is 1. The summed E-state index contributed by atoms with van der Waals surface area (Å²) in [5.74, 6) is 1.10. The maximum atomic E-state index is 11.8. The molecule has 1 atom stereocenters. The average molecular weight is 210 g/mol. The van der Waals surface area contributed by atoms with Crippen LogP contribution < -0.4 is 5.32 Å². The molecule has 0 aromatic carbocycles. The average Bonchev–Trinajstić information content (AvgIpc) is 2.30. The van der Waals surface area contributed by atoms with Crippen LogP contribution in [0.1, 0.15) is 39.0 Å². The van der Waals surface area contributed by atoms with Crippen molar-refractivity contribution in [1.29, 1.82) is 0 Å². The van der Waals surface area contributed by atoms with Crippen molar-refractivity contribution in [2.45, 2.75) is 45.1 Å². The first kappa shape index (κ1) is 10.9. The molecule has 1 N–H and O–H groups in total. The molecule has 0 aromatic heterocycles. The molecular weight excluding hydrogens is 188 g/mol. The smallest absolute Gasteiger partial charge is 0.222 e. The highest BCUT2D eigenvalue weighted by Gasteiger charge is 2.29. The van der Waals surface area contributed by atoms with Crippen molar-refractivity contribution in [2.75, 3.05) is 19.6 Å². The number of rotatable bonds is 2. The van der Waals surface area contributed by atoms with Gasteiger partial charge in [0, 0.05) is 19.0 Å². The van der Waals surface area contributed by atoms with E-state index in [0.29, 0.717) is 17.9 Å². The number of likely N-dealkylation sites (tertiary alicyclic amines) is 1. The van der Waals surface area contributed by atoms with Gasteiger partial charge in [-0.1, -0.05) is 0 Å². The maximum Gasteiger partial charge on any atom is 0.222 e. The molecule has 3 nitrogen and oxygen atoms in total. The van der Waals surface area contributed by atoms with Crippen LogP contribution in [0.5, 0.6) is 0 Å². The second-order valence-corrected chi connectivity index (χ2v) is 4.87. The van der Waals surface area contributed by atoms with Crippen molar-refractivity contribution in [3.05, 3.63) is 0 Å². The van der Waals surface area contributed by atoms with Gasteiger partial charge in [0.05, 0.1) is 0 Å². The minimum atomic E-state index is 0.382. The fourth-order valence-corrected chi connectivity index (χ4v) is 2.84. The standard InChI is InChI=1S/C12H22N2O/c1-10(11-5-7-13-8-6-11)14-9-3-2-4-12(14)15/h10-11,13H,2-9H2,1H3. The molecule has 2 heterocycles. The third kappa shape index (κ3) is 2.51. The molecule has 0 aromatic rings. The highest BCUT2D eigenvalue weighted by atomic mass is 16.2. The maximum absolute atomic E-state index is 11.8. The highest BCUT2D eigenvalue weighted by molar-refractivity contribution is 5.77. The minimum Gasteiger partial charge on any atom is -0.340 e. The van der Waals surface area contributed by atoms with E-state index in [1.54, 1.807) is 0 Å². The van der Waals surface area contributed by atoms with Crippen molar-refractivity contribution >= 4 is 5.91 Å². The van der Waals surface area contributed by atoms with Crippen LogP contribution in [0.3, 0.4) is 0 Å². The first-order chi connectivity index (χ1) is 7.29. The molecule has 2 saturated heterocycles. The number of carbonyl (C=O) groups is 1. The molecule has 2 rings (SSSR count). The molecule has 0 spiro atoms. The second kappa shape index (κ2) is 4.97. The van der Waals surface area contributed by atoms with Gasteiger partial charge in [-0.3, -0.25) is 4.79 Å². The molecule has 3 heteroatoms. The second-order valence-electron chi connectivity index (χ2n) is 4.87. The Morgan fingerprint density at radius 3 is 2.73 bits per heavy atom. The van der Waals surface area contributed by atoms with Gasteiger partial charge < -0.3 is 10.2 Å². The van der Waals surface area contributed by atoms with Crippen molar-refractivity contribution in [3.8, 4) is 0 Å². The number of piperidine rings is 2. The fraction of sp³-hybridized carbons (Fsp3) is 0.917. The molecule has 86 valence electrons. The molecule has 0 bridgehead atoms. The molecule has 1 unspecified atom stereocenters. The van der Waals surface area contributed by atoms with Crippen LogP contribution in [0.25, 0.3) is 0 Å². The SMILES string of the molecule is CC(C1CCNCC1)N1CCCCC1=O. The number of hydrogen-bond acceptors (Lipinski definition) is 2. The molecule has 2 fully saturated rings. The van der Waals surface area contributed by atoms with Gasteiger partial charge >= 0.3 is 0 Å². The van der Waals surface area contributed by atoms with Crippen LogP contribution >= 0.6 is 0 Å². The molecule has 15 heavy (non-hydrogen) atoms. The Morgan fingerprint density at radius 2 is 2.07 bits per heavy atom. The van der Waals surface area contributed by atoms with E-state index in [1.807, 2.05) is 0 Å². The zero-order valence-electron chi connectivity index (χ0n) is 9.67. The third-order valence-corrected chi connectivity index (χ3v) is 3.92. The Morgan fingerprint density at radius 1 is 1.33 bits per heavy atom. The Hall–Kier alpha value is -0.570. The number of hydrogen-bond donors (Lipinski definition) is 1. The molecule has 0 saturated carbocycles. The first-order valence-electron chi connectivity index (χ1n) is 6.29. The van der Waals surface area contributed by atoms with Gasteiger partial charge in [0.25, 0.3) is 0 Å². The number of nitrogens with zero attached hydrogens (tertiary/aromatic N) is 1. The van der Waals surface area contributed by atoms with Gasteiger partial charge in [0.15, 0.2) is 0 Å². The summed E-state index contributed by atoms with van der Waals surface area (Å²) in [5.41, 5.74) is 0. The van der Waals surface area contributed by atoms with Gasteiger partial charge in [-0.15, -0.1) is 0 Å². The molecule has 2 aliphatic rings. The Kier molecular flexibility index (Phi) is 3.62. The normalized spacial score (nSPS) is 26.7. The van der Waals surface area contributed by atoms with Crippen LogP contribution in [-0.2, 0) is 4.79 Å². The van der Waals surface area contributed by atoms with E-state index < -0.39 is 0 Å². The molecule has 0 aliphatic carbocycles. The Bertz CT molecular complexity index is 224. The fourth-order valence-electron chi connectivity index (χ4n) is 2.84. The third-order valence-electron chi connectivity index (χ3n) is 3.92. The predicted octanol–water partition coefficient (Wildman–Crippen LogP) is 1.39. The van der Waals surface area contributed by atoms with Crippen molar-refractivity contribution in [3.63, 3.8) is 0 Å². The van der Waals surface area contributed by atoms with Crippen molar-refractivity contribution in [1.82, 2.24) is 10.2 Å². The molecule has 0 radical (unpaired) electrons. The van der Waals surface area contributed by atoms with E-state index in [-0.39, 0.29) is 0 Å². The van der Waals surface area contributed by atoms with E-state index in [1.165, 1.54) is 19.3 Å². The molecule has 1 amide bonds. The van der Waals surface area contributed by atoms with E-state index >= 15 is 0 Å².